The summed E-state index contributed by atoms with van der Waals surface area (Å²) in [6.07, 6.45) is 3.15. The second-order valence-corrected chi connectivity index (χ2v) is 6.94. The van der Waals surface area contributed by atoms with Crippen molar-refractivity contribution < 1.29 is 9.53 Å². The van der Waals surface area contributed by atoms with E-state index in [1.807, 2.05) is 13.0 Å². The van der Waals surface area contributed by atoms with E-state index in [1.165, 1.54) is 11.3 Å². The zero-order valence-corrected chi connectivity index (χ0v) is 13.5. The van der Waals surface area contributed by atoms with Crippen LogP contribution in [0.2, 0.25) is 0 Å². The second kappa shape index (κ2) is 6.72. The van der Waals surface area contributed by atoms with Crippen LogP contribution < -0.4 is 5.32 Å². The average Bonchev–Trinajstić information content (AvgIpc) is 2.93. The number of rotatable bonds is 5. The van der Waals surface area contributed by atoms with Gasteiger partial charge in [0.25, 0.3) is 0 Å². The monoisotopic (exact) mass is 295 g/mol. The van der Waals surface area contributed by atoms with E-state index in [1.54, 1.807) is 11.3 Å². The summed E-state index contributed by atoms with van der Waals surface area (Å²) in [5, 5.41) is 5.61. The molecule has 1 fully saturated rings. The van der Waals surface area contributed by atoms with E-state index in [2.05, 4.69) is 30.6 Å². The molecule has 1 aromatic rings. The third kappa shape index (κ3) is 3.23. The van der Waals surface area contributed by atoms with Gasteiger partial charge < -0.3 is 4.74 Å². The van der Waals surface area contributed by atoms with Gasteiger partial charge in [0, 0.05) is 11.4 Å². The van der Waals surface area contributed by atoms with Crippen LogP contribution in [0, 0.1) is 11.8 Å². The predicted octanol–water partition coefficient (Wildman–Crippen LogP) is 3.60. The first kappa shape index (κ1) is 15.5. The zero-order chi connectivity index (χ0) is 14.6. The number of nitrogens with one attached hydrogen (secondary N) is 1. The molecule has 1 aromatic heterocycles. The molecule has 3 atom stereocenters. The quantitative estimate of drug-likeness (QED) is 0.844. The first-order valence-corrected chi connectivity index (χ1v) is 8.41. The minimum atomic E-state index is -0.516. The summed E-state index contributed by atoms with van der Waals surface area (Å²) in [4.78, 5) is 13.8. The summed E-state index contributed by atoms with van der Waals surface area (Å²) >= 11 is 1.72. The SMILES string of the molecule is CCOC(=O)C1(NCc2cccs2)CC(C)CCC1C. The summed E-state index contributed by atoms with van der Waals surface area (Å²) in [6.45, 7) is 7.47. The van der Waals surface area contributed by atoms with E-state index in [4.69, 9.17) is 4.74 Å². The smallest absolute Gasteiger partial charge is 0.326 e. The summed E-state index contributed by atoms with van der Waals surface area (Å²) in [5.41, 5.74) is -0.516. The van der Waals surface area contributed by atoms with Crippen LogP contribution in [0.4, 0.5) is 0 Å². The minimum Gasteiger partial charge on any atom is -0.465 e. The molecule has 3 nitrogen and oxygen atoms in total. The van der Waals surface area contributed by atoms with Crippen molar-refractivity contribution in [2.75, 3.05) is 6.61 Å². The third-order valence-corrected chi connectivity index (χ3v) is 5.28. The Labute approximate surface area is 125 Å². The molecule has 20 heavy (non-hydrogen) atoms. The van der Waals surface area contributed by atoms with Crippen molar-refractivity contribution in [2.45, 2.75) is 52.1 Å². The Hall–Kier alpha value is -0.870. The highest BCUT2D eigenvalue weighted by molar-refractivity contribution is 7.09. The van der Waals surface area contributed by atoms with E-state index >= 15 is 0 Å². The molecule has 1 N–H and O–H groups in total. The Morgan fingerprint density at radius 2 is 2.30 bits per heavy atom. The third-order valence-electron chi connectivity index (χ3n) is 4.40. The van der Waals surface area contributed by atoms with Gasteiger partial charge in [-0.05, 0) is 43.0 Å². The van der Waals surface area contributed by atoms with E-state index in [9.17, 15) is 4.79 Å². The minimum absolute atomic E-state index is 0.0735. The van der Waals surface area contributed by atoms with Crippen LogP contribution >= 0.6 is 11.3 Å². The van der Waals surface area contributed by atoms with Gasteiger partial charge in [0.2, 0.25) is 0 Å². The molecule has 0 bridgehead atoms. The fraction of sp³-hybridized carbons (Fsp3) is 0.688. The Bertz CT molecular complexity index is 432. The zero-order valence-electron chi connectivity index (χ0n) is 12.6. The van der Waals surface area contributed by atoms with Crippen LogP contribution in [0.15, 0.2) is 17.5 Å². The van der Waals surface area contributed by atoms with Gasteiger partial charge in [-0.15, -0.1) is 11.3 Å². The van der Waals surface area contributed by atoms with Crippen molar-refractivity contribution in [3.05, 3.63) is 22.4 Å². The maximum absolute atomic E-state index is 12.6. The number of carbonyl (C=O) groups is 1. The van der Waals surface area contributed by atoms with Gasteiger partial charge in [0.15, 0.2) is 0 Å². The number of hydrogen-bond donors (Lipinski definition) is 1. The Balaban J connectivity index is 2.16. The van der Waals surface area contributed by atoms with Crippen LogP contribution in [-0.2, 0) is 16.1 Å². The van der Waals surface area contributed by atoms with Crippen molar-refractivity contribution in [1.29, 1.82) is 0 Å². The van der Waals surface area contributed by atoms with Gasteiger partial charge >= 0.3 is 5.97 Å². The summed E-state index contributed by atoms with van der Waals surface area (Å²) < 4.78 is 5.38. The Morgan fingerprint density at radius 3 is 2.95 bits per heavy atom. The van der Waals surface area contributed by atoms with Crippen LogP contribution in [-0.4, -0.2) is 18.1 Å². The molecule has 3 unspecified atom stereocenters. The van der Waals surface area contributed by atoms with E-state index in [0.29, 0.717) is 18.4 Å². The summed E-state index contributed by atoms with van der Waals surface area (Å²) in [6, 6.07) is 4.15. The van der Waals surface area contributed by atoms with Gasteiger partial charge in [-0.2, -0.15) is 0 Å². The lowest BCUT2D eigenvalue weighted by molar-refractivity contribution is -0.156. The molecule has 2 rings (SSSR count). The molecule has 0 amide bonds. The van der Waals surface area contributed by atoms with Crippen LogP contribution in [0.1, 0.15) is 44.9 Å². The fourth-order valence-corrected chi connectivity index (χ4v) is 3.80. The van der Waals surface area contributed by atoms with E-state index < -0.39 is 5.54 Å². The van der Waals surface area contributed by atoms with Gasteiger partial charge in [-0.1, -0.05) is 26.3 Å². The highest BCUT2D eigenvalue weighted by Gasteiger charge is 2.47. The lowest BCUT2D eigenvalue weighted by atomic mass is 9.69. The standard InChI is InChI=1S/C16H25NO2S/c1-4-19-15(18)16(10-12(2)7-8-13(16)3)17-11-14-6-5-9-20-14/h5-6,9,12-13,17H,4,7-8,10-11H2,1-3H3. The number of carbonyl (C=O) groups excluding carboxylic acids is 1. The highest BCUT2D eigenvalue weighted by Crippen LogP contribution is 2.38. The topological polar surface area (TPSA) is 38.3 Å². The molecule has 0 aromatic carbocycles. The van der Waals surface area contributed by atoms with Gasteiger partial charge in [-0.3, -0.25) is 10.1 Å². The molecule has 4 heteroatoms. The van der Waals surface area contributed by atoms with Crippen LogP contribution in [0.5, 0.6) is 0 Å². The maximum Gasteiger partial charge on any atom is 0.326 e. The fourth-order valence-electron chi connectivity index (χ4n) is 3.15. The summed E-state index contributed by atoms with van der Waals surface area (Å²) in [5.74, 6) is 0.805. The normalized spacial score (nSPS) is 30.1. The molecule has 0 spiro atoms. The number of thiophene rings is 1. The average molecular weight is 295 g/mol. The van der Waals surface area contributed by atoms with Crippen LogP contribution in [0.25, 0.3) is 0 Å². The second-order valence-electron chi connectivity index (χ2n) is 5.91. The first-order chi connectivity index (χ1) is 9.58. The van der Waals surface area contributed by atoms with Gasteiger partial charge in [0.1, 0.15) is 5.54 Å². The van der Waals surface area contributed by atoms with Crippen molar-refractivity contribution in [2.24, 2.45) is 11.8 Å². The predicted molar refractivity (Wildman–Crippen MR) is 82.7 cm³/mol. The molecule has 0 aliphatic heterocycles. The van der Waals surface area contributed by atoms with Crippen molar-refractivity contribution in [1.82, 2.24) is 5.32 Å². The molecule has 1 aliphatic rings. The van der Waals surface area contributed by atoms with Crippen molar-refractivity contribution in [3.8, 4) is 0 Å². The molecule has 1 heterocycles. The lowest BCUT2D eigenvalue weighted by Crippen LogP contribution is -2.59. The Morgan fingerprint density at radius 1 is 1.50 bits per heavy atom. The largest absolute Gasteiger partial charge is 0.465 e. The molecular weight excluding hydrogens is 270 g/mol. The molecule has 1 aliphatic carbocycles. The Kier molecular flexibility index (Phi) is 5.22. The van der Waals surface area contributed by atoms with E-state index in [0.717, 1.165) is 19.4 Å². The highest BCUT2D eigenvalue weighted by atomic mass is 32.1. The summed E-state index contributed by atoms with van der Waals surface area (Å²) in [7, 11) is 0. The number of esters is 1. The molecule has 0 saturated heterocycles. The molecule has 1 saturated carbocycles. The number of hydrogen-bond acceptors (Lipinski definition) is 4. The maximum atomic E-state index is 12.6. The van der Waals surface area contributed by atoms with Gasteiger partial charge in [-0.25, -0.2) is 0 Å². The van der Waals surface area contributed by atoms with Gasteiger partial charge in [0.05, 0.1) is 6.61 Å². The first-order valence-electron chi connectivity index (χ1n) is 7.53. The van der Waals surface area contributed by atoms with Crippen molar-refractivity contribution >= 4 is 17.3 Å². The van der Waals surface area contributed by atoms with Crippen LogP contribution in [0.3, 0.4) is 0 Å². The van der Waals surface area contributed by atoms with Crippen molar-refractivity contribution in [3.63, 3.8) is 0 Å². The molecular formula is C16H25NO2S. The number of ether oxygens (including phenoxy) is 1. The molecule has 112 valence electrons. The lowest BCUT2D eigenvalue weighted by Gasteiger charge is -2.43. The van der Waals surface area contributed by atoms with E-state index in [-0.39, 0.29) is 5.97 Å². The molecule has 0 radical (unpaired) electrons.